The van der Waals surface area contributed by atoms with E-state index in [0.717, 1.165) is 16.6 Å². The molecule has 0 aliphatic carbocycles. The molecule has 4 rings (SSSR count). The van der Waals surface area contributed by atoms with E-state index in [-0.39, 0.29) is 5.75 Å². The smallest absolute Gasteiger partial charge is 0.394 e. The molecular formula is C25H22ClF2N3O3. The Morgan fingerprint density at radius 2 is 1.79 bits per heavy atom. The van der Waals surface area contributed by atoms with Crippen LogP contribution in [0.2, 0.25) is 5.02 Å². The summed E-state index contributed by atoms with van der Waals surface area (Å²) >= 11 is 6.13. The minimum Gasteiger partial charge on any atom is -0.497 e. The standard InChI is InChI=1S/C25H22ClF2N3O3/c1-25(27,28)34-23-9-6-17(26)11-20(23)15-5-8-19-21(10-15)31-30-14-22(19)29-13-16-4-7-18(32-2)12-24(16)33-3/h4-12,14H,13H2,1-3H3,(H,29,31). The number of ether oxygens (including phenoxy) is 3. The van der Waals surface area contributed by atoms with Crippen molar-refractivity contribution < 1.29 is 23.0 Å². The Hall–Kier alpha value is -3.65. The summed E-state index contributed by atoms with van der Waals surface area (Å²) in [6.07, 6.45) is -1.71. The number of halogens is 3. The highest BCUT2D eigenvalue weighted by Crippen LogP contribution is 2.37. The largest absolute Gasteiger partial charge is 0.497 e. The van der Waals surface area contributed by atoms with Gasteiger partial charge in [-0.05, 0) is 48.0 Å². The Morgan fingerprint density at radius 3 is 2.53 bits per heavy atom. The average Bonchev–Trinajstić information content (AvgIpc) is 2.82. The molecule has 176 valence electrons. The molecule has 6 nitrogen and oxygen atoms in total. The SMILES string of the molecule is COc1ccc(CNc2cnnc3cc(-c4cc(Cl)ccc4OC(C)(F)F)ccc23)c(OC)c1. The fourth-order valence-corrected chi connectivity index (χ4v) is 3.74. The first-order valence-electron chi connectivity index (χ1n) is 10.3. The molecule has 0 bridgehead atoms. The third-order valence-electron chi connectivity index (χ3n) is 5.15. The van der Waals surface area contributed by atoms with Crippen LogP contribution in [0.25, 0.3) is 22.0 Å². The van der Waals surface area contributed by atoms with Crippen LogP contribution in [0.1, 0.15) is 12.5 Å². The van der Waals surface area contributed by atoms with Gasteiger partial charge in [0.1, 0.15) is 17.2 Å². The van der Waals surface area contributed by atoms with Crippen molar-refractivity contribution in [3.8, 4) is 28.4 Å². The Labute approximate surface area is 200 Å². The van der Waals surface area contributed by atoms with Gasteiger partial charge in [-0.2, -0.15) is 19.0 Å². The van der Waals surface area contributed by atoms with Crippen molar-refractivity contribution in [3.63, 3.8) is 0 Å². The lowest BCUT2D eigenvalue weighted by Gasteiger charge is -2.17. The first-order chi connectivity index (χ1) is 16.3. The van der Waals surface area contributed by atoms with Gasteiger partial charge in [-0.3, -0.25) is 0 Å². The molecule has 0 fully saturated rings. The molecule has 9 heteroatoms. The van der Waals surface area contributed by atoms with Gasteiger partial charge in [0.25, 0.3) is 0 Å². The second kappa shape index (κ2) is 9.69. The zero-order chi connectivity index (χ0) is 24.3. The molecule has 0 aliphatic rings. The van der Waals surface area contributed by atoms with E-state index in [4.69, 9.17) is 25.8 Å². The predicted molar refractivity (Wildman–Crippen MR) is 128 cm³/mol. The molecule has 1 aromatic heterocycles. The van der Waals surface area contributed by atoms with Crippen LogP contribution in [0.5, 0.6) is 17.2 Å². The minimum absolute atomic E-state index is 0.0186. The number of alkyl halides is 2. The van der Waals surface area contributed by atoms with Gasteiger partial charge in [0.05, 0.1) is 31.6 Å². The number of fused-ring (bicyclic) bond motifs is 1. The topological polar surface area (TPSA) is 65.5 Å². The van der Waals surface area contributed by atoms with E-state index < -0.39 is 6.11 Å². The summed E-state index contributed by atoms with van der Waals surface area (Å²) < 4.78 is 42.6. The molecule has 34 heavy (non-hydrogen) atoms. The normalized spacial score (nSPS) is 11.4. The number of methoxy groups -OCH3 is 2. The maximum Gasteiger partial charge on any atom is 0.394 e. The second-order valence-corrected chi connectivity index (χ2v) is 8.01. The third kappa shape index (κ3) is 5.28. The quantitative estimate of drug-likeness (QED) is 0.304. The van der Waals surface area contributed by atoms with E-state index >= 15 is 0 Å². The number of hydrogen-bond acceptors (Lipinski definition) is 6. The van der Waals surface area contributed by atoms with Crippen molar-refractivity contribution in [3.05, 3.63) is 71.4 Å². The van der Waals surface area contributed by atoms with Crippen molar-refractivity contribution in [2.45, 2.75) is 19.6 Å². The van der Waals surface area contributed by atoms with Crippen LogP contribution in [0.4, 0.5) is 14.5 Å². The van der Waals surface area contributed by atoms with E-state index in [2.05, 4.69) is 15.5 Å². The maximum atomic E-state index is 13.5. The Kier molecular flexibility index (Phi) is 6.70. The average molecular weight is 486 g/mol. The number of benzene rings is 3. The summed E-state index contributed by atoms with van der Waals surface area (Å²) in [5, 5.41) is 12.9. The van der Waals surface area contributed by atoms with Crippen LogP contribution in [-0.4, -0.2) is 30.5 Å². The van der Waals surface area contributed by atoms with Gasteiger partial charge in [0.2, 0.25) is 0 Å². The van der Waals surface area contributed by atoms with Crippen LogP contribution < -0.4 is 19.5 Å². The minimum atomic E-state index is -3.33. The second-order valence-electron chi connectivity index (χ2n) is 7.57. The lowest BCUT2D eigenvalue weighted by Crippen LogP contribution is -2.19. The molecule has 0 unspecified atom stereocenters. The summed E-state index contributed by atoms with van der Waals surface area (Å²) in [6, 6.07) is 15.5. The highest BCUT2D eigenvalue weighted by molar-refractivity contribution is 6.31. The lowest BCUT2D eigenvalue weighted by atomic mass is 10.0. The van der Waals surface area contributed by atoms with Gasteiger partial charge in [0, 0.05) is 41.1 Å². The lowest BCUT2D eigenvalue weighted by molar-refractivity contribution is -0.158. The number of anilines is 1. The molecule has 0 atom stereocenters. The van der Waals surface area contributed by atoms with Crippen molar-refractivity contribution in [2.24, 2.45) is 0 Å². The molecule has 0 saturated carbocycles. The molecule has 0 radical (unpaired) electrons. The number of hydrogen-bond donors (Lipinski definition) is 1. The fraction of sp³-hybridized carbons (Fsp3) is 0.200. The van der Waals surface area contributed by atoms with Gasteiger partial charge in [-0.1, -0.05) is 17.7 Å². The third-order valence-corrected chi connectivity index (χ3v) is 5.38. The summed E-state index contributed by atoms with van der Waals surface area (Å²) in [5.74, 6) is 1.42. The van der Waals surface area contributed by atoms with Crippen molar-refractivity contribution >= 4 is 28.2 Å². The van der Waals surface area contributed by atoms with Crippen LogP contribution in [0.15, 0.2) is 60.8 Å². The van der Waals surface area contributed by atoms with Crippen LogP contribution in [-0.2, 0) is 6.54 Å². The highest BCUT2D eigenvalue weighted by atomic mass is 35.5. The summed E-state index contributed by atoms with van der Waals surface area (Å²) in [6.45, 7) is 1.17. The molecule has 1 N–H and O–H groups in total. The fourth-order valence-electron chi connectivity index (χ4n) is 3.57. The van der Waals surface area contributed by atoms with Gasteiger partial charge < -0.3 is 19.5 Å². The Morgan fingerprint density at radius 1 is 0.971 bits per heavy atom. The molecule has 0 amide bonds. The van der Waals surface area contributed by atoms with Crippen LogP contribution in [0.3, 0.4) is 0 Å². The van der Waals surface area contributed by atoms with Crippen molar-refractivity contribution in [2.75, 3.05) is 19.5 Å². The zero-order valence-electron chi connectivity index (χ0n) is 18.7. The van der Waals surface area contributed by atoms with E-state index in [1.807, 2.05) is 24.3 Å². The van der Waals surface area contributed by atoms with Gasteiger partial charge in [-0.25, -0.2) is 0 Å². The summed E-state index contributed by atoms with van der Waals surface area (Å²) in [7, 11) is 3.20. The van der Waals surface area contributed by atoms with E-state index in [9.17, 15) is 8.78 Å². The Bertz CT molecular complexity index is 1330. The number of aromatic nitrogens is 2. The van der Waals surface area contributed by atoms with Gasteiger partial charge in [0.15, 0.2) is 0 Å². The molecule has 4 aromatic rings. The van der Waals surface area contributed by atoms with E-state index in [1.54, 1.807) is 38.6 Å². The number of nitrogens with zero attached hydrogens (tertiary/aromatic N) is 2. The number of nitrogens with one attached hydrogen (secondary N) is 1. The maximum absolute atomic E-state index is 13.5. The van der Waals surface area contributed by atoms with Gasteiger partial charge in [-0.15, -0.1) is 0 Å². The summed E-state index contributed by atoms with van der Waals surface area (Å²) in [4.78, 5) is 0. The zero-order valence-corrected chi connectivity index (χ0v) is 19.5. The molecular weight excluding hydrogens is 464 g/mol. The molecule has 1 heterocycles. The molecule has 0 aliphatic heterocycles. The first-order valence-corrected chi connectivity index (χ1v) is 10.7. The molecule has 0 spiro atoms. The first kappa shape index (κ1) is 23.5. The van der Waals surface area contributed by atoms with Crippen molar-refractivity contribution in [1.29, 1.82) is 0 Å². The monoisotopic (exact) mass is 485 g/mol. The van der Waals surface area contributed by atoms with E-state index in [0.29, 0.717) is 46.6 Å². The van der Waals surface area contributed by atoms with Crippen molar-refractivity contribution in [1.82, 2.24) is 10.2 Å². The number of rotatable bonds is 8. The molecule has 3 aromatic carbocycles. The molecule has 0 saturated heterocycles. The van der Waals surface area contributed by atoms with Gasteiger partial charge >= 0.3 is 6.11 Å². The highest BCUT2D eigenvalue weighted by Gasteiger charge is 2.25. The van der Waals surface area contributed by atoms with E-state index in [1.165, 1.54) is 12.1 Å². The summed E-state index contributed by atoms with van der Waals surface area (Å²) in [5.41, 5.74) is 3.33. The van der Waals surface area contributed by atoms with Crippen LogP contribution in [0, 0.1) is 0 Å². The van der Waals surface area contributed by atoms with Crippen LogP contribution >= 0.6 is 11.6 Å². The Balaban J connectivity index is 1.65. The predicted octanol–water partition coefficient (Wildman–Crippen LogP) is 6.57.